The van der Waals surface area contributed by atoms with Crippen molar-refractivity contribution in [3.63, 3.8) is 0 Å². The first-order valence-corrected chi connectivity index (χ1v) is 15.8. The number of fused-ring (bicyclic) bond motifs is 3. The van der Waals surface area contributed by atoms with Crippen LogP contribution in [0.2, 0.25) is 18.1 Å². The largest absolute Gasteiger partial charge is 0.478 e. The minimum Gasteiger partial charge on any atom is -0.478 e. The molecule has 2 aromatic carbocycles. The fourth-order valence-corrected chi connectivity index (χ4v) is 7.91. The highest BCUT2D eigenvalue weighted by molar-refractivity contribution is 6.73. The summed E-state index contributed by atoms with van der Waals surface area (Å²) in [6, 6.07) is 19.2. The molecule has 0 aliphatic heterocycles. The molecule has 37 heavy (non-hydrogen) atoms. The molecule has 2 aromatic rings. The molecule has 0 fully saturated rings. The molecule has 1 aliphatic rings. The third-order valence-electron chi connectivity index (χ3n) is 7.52. The standard InChI is InChI=1S/C30H41NO5Si/c1-7-37(8-2,9-3)36-21(18-27(28(32)33)30(4,5)6)19-31-29(34)35-20-26-24-16-12-10-14-22(24)23-15-11-13-17-25(23)26/h10-18,21,26H,7-9,19-20H2,1-6H3,(H,31,34)(H,32,33)/b27-18-/t21-/m0/s1. The Morgan fingerprint density at radius 3 is 1.95 bits per heavy atom. The molecule has 0 saturated heterocycles. The van der Waals surface area contributed by atoms with Crippen LogP contribution >= 0.6 is 0 Å². The van der Waals surface area contributed by atoms with E-state index in [2.05, 4.69) is 50.4 Å². The van der Waals surface area contributed by atoms with Crippen LogP contribution in [0.5, 0.6) is 0 Å². The maximum atomic E-state index is 12.8. The van der Waals surface area contributed by atoms with Crippen LogP contribution in [-0.4, -0.2) is 44.7 Å². The zero-order valence-electron chi connectivity index (χ0n) is 23.0. The summed E-state index contributed by atoms with van der Waals surface area (Å²) in [5.74, 6) is -0.996. The molecule has 7 heteroatoms. The molecule has 3 rings (SSSR count). The number of aliphatic carboxylic acids is 1. The molecule has 6 nitrogen and oxygen atoms in total. The molecule has 0 aromatic heterocycles. The Bertz CT molecular complexity index is 1080. The summed E-state index contributed by atoms with van der Waals surface area (Å²) in [6.07, 6.45) is 0.597. The van der Waals surface area contributed by atoms with Crippen LogP contribution < -0.4 is 5.32 Å². The van der Waals surface area contributed by atoms with Crippen molar-refractivity contribution in [2.24, 2.45) is 5.41 Å². The fraction of sp³-hybridized carbons (Fsp3) is 0.467. The van der Waals surface area contributed by atoms with Gasteiger partial charge in [-0.3, -0.25) is 0 Å². The third kappa shape index (κ3) is 6.70. The molecule has 0 radical (unpaired) electrons. The maximum Gasteiger partial charge on any atom is 0.407 e. The van der Waals surface area contributed by atoms with E-state index in [1.165, 1.54) is 11.1 Å². The molecule has 1 amide bonds. The second-order valence-corrected chi connectivity index (χ2v) is 15.5. The number of carboxylic acid groups (broad SMARTS) is 1. The predicted molar refractivity (Wildman–Crippen MR) is 150 cm³/mol. The molecular formula is C30H41NO5Si. The first kappa shape index (κ1) is 28.7. The van der Waals surface area contributed by atoms with Crippen LogP contribution in [0.3, 0.4) is 0 Å². The molecular weight excluding hydrogens is 482 g/mol. The van der Waals surface area contributed by atoms with E-state index >= 15 is 0 Å². The highest BCUT2D eigenvalue weighted by Gasteiger charge is 2.34. The van der Waals surface area contributed by atoms with Gasteiger partial charge in [0.1, 0.15) is 6.61 Å². The lowest BCUT2D eigenvalue weighted by Gasteiger charge is -2.33. The normalized spacial score (nSPS) is 14.6. The summed E-state index contributed by atoms with van der Waals surface area (Å²) in [4.78, 5) is 24.8. The van der Waals surface area contributed by atoms with Gasteiger partial charge in [0, 0.05) is 18.0 Å². The minimum atomic E-state index is -2.06. The first-order valence-electron chi connectivity index (χ1n) is 13.3. The van der Waals surface area contributed by atoms with E-state index in [9.17, 15) is 14.7 Å². The van der Waals surface area contributed by atoms with E-state index in [0.29, 0.717) is 0 Å². The average Bonchev–Trinajstić information content (AvgIpc) is 3.20. The average molecular weight is 524 g/mol. The number of carbonyl (C=O) groups is 2. The summed E-state index contributed by atoms with van der Waals surface area (Å²) in [6.45, 7) is 12.4. The second kappa shape index (κ2) is 12.1. The summed E-state index contributed by atoms with van der Waals surface area (Å²) in [5, 5.41) is 12.7. The number of nitrogens with one attached hydrogen (secondary N) is 1. The topological polar surface area (TPSA) is 84.9 Å². The van der Waals surface area contributed by atoms with Gasteiger partial charge in [-0.2, -0.15) is 0 Å². The van der Waals surface area contributed by atoms with Gasteiger partial charge in [0.25, 0.3) is 0 Å². The smallest absolute Gasteiger partial charge is 0.407 e. The lowest BCUT2D eigenvalue weighted by molar-refractivity contribution is -0.133. The predicted octanol–water partition coefficient (Wildman–Crippen LogP) is 6.97. The second-order valence-electron chi connectivity index (χ2n) is 10.7. The van der Waals surface area contributed by atoms with Gasteiger partial charge in [0.05, 0.1) is 6.10 Å². The fourth-order valence-electron chi connectivity index (χ4n) is 5.12. The number of rotatable bonds is 11. The number of amides is 1. The van der Waals surface area contributed by atoms with Crippen molar-refractivity contribution in [3.05, 3.63) is 71.3 Å². The number of carbonyl (C=O) groups excluding carboxylic acids is 1. The summed E-state index contributed by atoms with van der Waals surface area (Å²) in [7, 11) is -2.06. The maximum absolute atomic E-state index is 12.8. The van der Waals surface area contributed by atoms with Crippen molar-refractivity contribution in [1.82, 2.24) is 5.32 Å². The van der Waals surface area contributed by atoms with Crippen LogP contribution in [0.4, 0.5) is 4.79 Å². The molecule has 0 heterocycles. The van der Waals surface area contributed by atoms with Crippen molar-refractivity contribution in [3.8, 4) is 11.1 Å². The monoisotopic (exact) mass is 523 g/mol. The van der Waals surface area contributed by atoms with E-state index in [1.54, 1.807) is 6.08 Å². The van der Waals surface area contributed by atoms with Crippen LogP contribution in [-0.2, 0) is 14.0 Å². The molecule has 0 saturated carbocycles. The Hall–Kier alpha value is -2.90. The van der Waals surface area contributed by atoms with Gasteiger partial charge in [0.2, 0.25) is 0 Å². The van der Waals surface area contributed by atoms with Gasteiger partial charge in [-0.25, -0.2) is 9.59 Å². The summed E-state index contributed by atoms with van der Waals surface area (Å²) < 4.78 is 12.3. The van der Waals surface area contributed by atoms with Crippen molar-refractivity contribution in [1.29, 1.82) is 0 Å². The van der Waals surface area contributed by atoms with Gasteiger partial charge >= 0.3 is 12.1 Å². The third-order valence-corrected chi connectivity index (χ3v) is 12.2. The van der Waals surface area contributed by atoms with E-state index in [1.807, 2.05) is 45.0 Å². The number of ether oxygens (including phenoxy) is 1. The molecule has 2 N–H and O–H groups in total. The lowest BCUT2D eigenvalue weighted by Crippen LogP contribution is -2.44. The van der Waals surface area contributed by atoms with E-state index in [4.69, 9.17) is 9.16 Å². The highest BCUT2D eigenvalue weighted by atomic mass is 28.4. The molecule has 1 aliphatic carbocycles. The summed E-state index contributed by atoms with van der Waals surface area (Å²) in [5.41, 5.74) is 4.37. The summed E-state index contributed by atoms with van der Waals surface area (Å²) >= 11 is 0. The molecule has 1 atom stereocenters. The zero-order valence-corrected chi connectivity index (χ0v) is 24.0. The Kier molecular flexibility index (Phi) is 9.37. The first-order chi connectivity index (χ1) is 17.5. The van der Waals surface area contributed by atoms with Gasteiger partial charge < -0.3 is 19.6 Å². The van der Waals surface area contributed by atoms with Crippen LogP contribution in [0.1, 0.15) is 58.6 Å². The van der Waals surface area contributed by atoms with Gasteiger partial charge in [0.15, 0.2) is 8.32 Å². The Morgan fingerprint density at radius 1 is 0.973 bits per heavy atom. The Labute approximate surface area is 222 Å². The molecule has 0 spiro atoms. The molecule has 0 unspecified atom stereocenters. The zero-order chi connectivity index (χ0) is 27.2. The number of hydrogen-bond donors (Lipinski definition) is 2. The number of carboxylic acids is 1. The molecule has 200 valence electrons. The van der Waals surface area contributed by atoms with E-state index < -0.39 is 31.9 Å². The minimum absolute atomic E-state index is 0.0232. The number of hydrogen-bond acceptors (Lipinski definition) is 4. The lowest BCUT2D eigenvalue weighted by atomic mass is 9.85. The highest BCUT2D eigenvalue weighted by Crippen LogP contribution is 2.44. The van der Waals surface area contributed by atoms with Crippen LogP contribution in [0.15, 0.2) is 60.2 Å². The van der Waals surface area contributed by atoms with Gasteiger partial charge in [-0.15, -0.1) is 0 Å². The Morgan fingerprint density at radius 2 is 1.49 bits per heavy atom. The van der Waals surface area contributed by atoms with Gasteiger partial charge in [-0.05, 0) is 51.9 Å². The molecule has 0 bridgehead atoms. The van der Waals surface area contributed by atoms with Crippen molar-refractivity contribution in [2.45, 2.75) is 71.7 Å². The van der Waals surface area contributed by atoms with Gasteiger partial charge in [-0.1, -0.05) is 90.1 Å². The van der Waals surface area contributed by atoms with Crippen molar-refractivity contribution in [2.75, 3.05) is 13.2 Å². The quantitative estimate of drug-likeness (QED) is 0.245. The van der Waals surface area contributed by atoms with Crippen LogP contribution in [0, 0.1) is 5.41 Å². The van der Waals surface area contributed by atoms with Crippen molar-refractivity contribution >= 4 is 20.4 Å². The number of benzene rings is 2. The van der Waals surface area contributed by atoms with E-state index in [0.717, 1.165) is 29.3 Å². The van der Waals surface area contributed by atoms with Crippen LogP contribution in [0.25, 0.3) is 11.1 Å². The SMILES string of the molecule is CC[Si](CC)(CC)O[C@@H](/C=C(/C(=O)O)C(C)(C)C)CNC(=O)OCC1c2ccccc2-c2ccccc21. The van der Waals surface area contributed by atoms with Crippen molar-refractivity contribution < 1.29 is 23.9 Å². The number of alkyl carbamates (subject to hydrolysis) is 1. The van der Waals surface area contributed by atoms with E-state index in [-0.39, 0.29) is 24.6 Å². The Balaban J connectivity index is 1.73.